The van der Waals surface area contributed by atoms with Crippen molar-refractivity contribution in [2.75, 3.05) is 5.32 Å². The van der Waals surface area contributed by atoms with Gasteiger partial charge in [-0.25, -0.2) is 0 Å². The number of aromatic nitrogens is 4. The summed E-state index contributed by atoms with van der Waals surface area (Å²) in [7, 11) is 0. The van der Waals surface area contributed by atoms with Gasteiger partial charge in [0.25, 0.3) is 0 Å². The van der Waals surface area contributed by atoms with E-state index < -0.39 is 0 Å². The molecule has 0 saturated carbocycles. The van der Waals surface area contributed by atoms with Crippen molar-refractivity contribution in [3.63, 3.8) is 0 Å². The van der Waals surface area contributed by atoms with Gasteiger partial charge in [0.1, 0.15) is 6.33 Å². The summed E-state index contributed by atoms with van der Waals surface area (Å²) in [5, 5.41) is 15.1. The Morgan fingerprint density at radius 1 is 1.05 bits per heavy atom. The molecule has 0 spiro atoms. The average molecular weight is 287 g/mol. The van der Waals surface area contributed by atoms with Gasteiger partial charge in [0, 0.05) is 6.04 Å². The minimum absolute atomic E-state index is 0.461. The van der Waals surface area contributed by atoms with Crippen molar-refractivity contribution >= 4 is 5.69 Å². The van der Waals surface area contributed by atoms with Crippen molar-refractivity contribution < 1.29 is 0 Å². The van der Waals surface area contributed by atoms with Crippen LogP contribution in [-0.4, -0.2) is 26.2 Å². The highest BCUT2D eigenvalue weighted by atomic mass is 15.5. The first-order chi connectivity index (χ1) is 10.1. The third-order valence-corrected chi connectivity index (χ3v) is 3.37. The third kappa shape index (κ3) is 4.55. The summed E-state index contributed by atoms with van der Waals surface area (Å²) in [4.78, 5) is 0. The minimum Gasteiger partial charge on any atom is -0.381 e. The summed E-state index contributed by atoms with van der Waals surface area (Å²) in [6.45, 7) is 9.06. The van der Waals surface area contributed by atoms with Crippen LogP contribution in [-0.2, 0) is 0 Å². The maximum atomic E-state index is 3.99. The van der Waals surface area contributed by atoms with Crippen molar-refractivity contribution in [3.05, 3.63) is 30.6 Å². The molecule has 0 aliphatic carbocycles. The zero-order valence-corrected chi connectivity index (χ0v) is 13.3. The number of hydrogen-bond acceptors (Lipinski definition) is 4. The number of tetrazole rings is 1. The summed E-state index contributed by atoms with van der Waals surface area (Å²) in [6, 6.07) is 8.62. The van der Waals surface area contributed by atoms with Gasteiger partial charge < -0.3 is 5.32 Å². The van der Waals surface area contributed by atoms with Crippen LogP contribution in [0.25, 0.3) is 5.69 Å². The molecule has 1 heterocycles. The van der Waals surface area contributed by atoms with E-state index in [1.165, 1.54) is 0 Å². The number of nitrogens with one attached hydrogen (secondary N) is 1. The Bertz CT molecular complexity index is 523. The van der Waals surface area contributed by atoms with Crippen LogP contribution in [0.2, 0.25) is 0 Å². The Balaban J connectivity index is 2.20. The Morgan fingerprint density at radius 3 is 2.29 bits per heavy atom. The van der Waals surface area contributed by atoms with Crippen LogP contribution >= 0.6 is 0 Å². The highest BCUT2D eigenvalue weighted by Gasteiger charge is 2.15. The molecule has 0 unspecified atom stereocenters. The predicted molar refractivity (Wildman–Crippen MR) is 85.5 cm³/mol. The van der Waals surface area contributed by atoms with Gasteiger partial charge in [-0.05, 0) is 47.2 Å². The second-order valence-electron chi connectivity index (χ2n) is 6.37. The number of nitrogens with zero attached hydrogens (tertiary/aromatic N) is 4. The lowest BCUT2D eigenvalue weighted by atomic mass is 9.95. The highest BCUT2D eigenvalue weighted by Crippen LogP contribution is 2.23. The smallest absolute Gasteiger partial charge is 0.143 e. The molecular weight excluding hydrogens is 262 g/mol. The van der Waals surface area contributed by atoms with E-state index in [1.54, 1.807) is 11.0 Å². The minimum atomic E-state index is 0.461. The molecule has 0 saturated heterocycles. The van der Waals surface area contributed by atoms with Gasteiger partial charge in [0.15, 0.2) is 0 Å². The Morgan fingerprint density at radius 2 is 1.71 bits per heavy atom. The number of anilines is 1. The van der Waals surface area contributed by atoms with E-state index >= 15 is 0 Å². The van der Waals surface area contributed by atoms with Gasteiger partial charge in [0.2, 0.25) is 0 Å². The molecule has 2 aromatic rings. The number of rotatable bonds is 7. The molecule has 1 N–H and O–H groups in total. The van der Waals surface area contributed by atoms with Gasteiger partial charge in [-0.1, -0.05) is 39.8 Å². The second-order valence-corrected chi connectivity index (χ2v) is 6.37. The fraction of sp³-hybridized carbons (Fsp3) is 0.562. The molecule has 0 aliphatic heterocycles. The van der Waals surface area contributed by atoms with Crippen LogP contribution in [0.5, 0.6) is 0 Å². The highest BCUT2D eigenvalue weighted by molar-refractivity contribution is 5.60. The van der Waals surface area contributed by atoms with Gasteiger partial charge >= 0.3 is 0 Å². The van der Waals surface area contributed by atoms with E-state index in [0.29, 0.717) is 17.9 Å². The largest absolute Gasteiger partial charge is 0.381 e. The van der Waals surface area contributed by atoms with Crippen molar-refractivity contribution in [1.82, 2.24) is 20.2 Å². The van der Waals surface area contributed by atoms with Gasteiger partial charge in [-0.15, -0.1) is 5.10 Å². The molecule has 5 nitrogen and oxygen atoms in total. The molecular formula is C16H25N5. The van der Waals surface area contributed by atoms with Crippen molar-refractivity contribution in [3.8, 4) is 5.69 Å². The van der Waals surface area contributed by atoms with Crippen LogP contribution in [0.15, 0.2) is 30.6 Å². The fourth-order valence-electron chi connectivity index (χ4n) is 2.64. The summed E-state index contributed by atoms with van der Waals surface area (Å²) < 4.78 is 1.70. The first-order valence-corrected chi connectivity index (χ1v) is 7.65. The van der Waals surface area contributed by atoms with Crippen LogP contribution in [0, 0.1) is 11.8 Å². The Labute approximate surface area is 126 Å². The van der Waals surface area contributed by atoms with Crippen molar-refractivity contribution in [1.29, 1.82) is 0 Å². The maximum Gasteiger partial charge on any atom is 0.143 e. The molecule has 5 heteroatoms. The molecule has 0 bridgehead atoms. The summed E-state index contributed by atoms with van der Waals surface area (Å²) in [5.74, 6) is 1.34. The van der Waals surface area contributed by atoms with E-state index in [0.717, 1.165) is 24.2 Å². The SMILES string of the molecule is CC(C)CC(CC(C)C)Nc1ccccc1-n1cnnn1. The average Bonchev–Trinajstić information content (AvgIpc) is 2.91. The third-order valence-electron chi connectivity index (χ3n) is 3.37. The molecule has 1 aromatic heterocycles. The van der Waals surface area contributed by atoms with Gasteiger partial charge in [-0.3, -0.25) is 0 Å². The zero-order chi connectivity index (χ0) is 15.2. The topological polar surface area (TPSA) is 55.6 Å². The first kappa shape index (κ1) is 15.5. The number of hydrogen-bond donors (Lipinski definition) is 1. The van der Waals surface area contributed by atoms with E-state index in [4.69, 9.17) is 0 Å². The van der Waals surface area contributed by atoms with E-state index in [1.807, 2.05) is 18.2 Å². The van der Waals surface area contributed by atoms with Crippen molar-refractivity contribution in [2.45, 2.75) is 46.6 Å². The predicted octanol–water partition coefficient (Wildman–Crippen LogP) is 3.54. The van der Waals surface area contributed by atoms with E-state index in [2.05, 4.69) is 54.6 Å². The summed E-state index contributed by atoms with van der Waals surface area (Å²) in [6.07, 6.45) is 3.94. The molecule has 0 fully saturated rings. The standard InChI is InChI=1S/C16H25N5/c1-12(2)9-14(10-13(3)4)18-15-7-5-6-8-16(15)21-11-17-19-20-21/h5-8,11-14,18H,9-10H2,1-4H3. The molecule has 0 radical (unpaired) electrons. The van der Waals surface area contributed by atoms with E-state index in [9.17, 15) is 0 Å². The zero-order valence-electron chi connectivity index (χ0n) is 13.3. The quantitative estimate of drug-likeness (QED) is 0.846. The first-order valence-electron chi connectivity index (χ1n) is 7.65. The van der Waals surface area contributed by atoms with Gasteiger partial charge in [0.05, 0.1) is 11.4 Å². The van der Waals surface area contributed by atoms with Crippen LogP contribution in [0.3, 0.4) is 0 Å². The maximum absolute atomic E-state index is 3.99. The molecule has 0 amide bonds. The number of benzene rings is 1. The number of para-hydroxylation sites is 2. The normalized spacial score (nSPS) is 11.6. The molecule has 2 rings (SSSR count). The lowest BCUT2D eigenvalue weighted by Crippen LogP contribution is -2.24. The Kier molecular flexibility index (Phi) is 5.31. The molecule has 1 aromatic carbocycles. The Hall–Kier alpha value is -1.91. The lowest BCUT2D eigenvalue weighted by molar-refractivity contribution is 0.442. The van der Waals surface area contributed by atoms with E-state index in [-0.39, 0.29) is 0 Å². The fourth-order valence-corrected chi connectivity index (χ4v) is 2.64. The monoisotopic (exact) mass is 287 g/mol. The van der Waals surface area contributed by atoms with Crippen LogP contribution < -0.4 is 5.32 Å². The summed E-state index contributed by atoms with van der Waals surface area (Å²) >= 11 is 0. The van der Waals surface area contributed by atoms with Crippen LogP contribution in [0.1, 0.15) is 40.5 Å². The molecule has 114 valence electrons. The second kappa shape index (κ2) is 7.20. The molecule has 21 heavy (non-hydrogen) atoms. The van der Waals surface area contributed by atoms with Gasteiger partial charge in [-0.2, -0.15) is 4.68 Å². The molecule has 0 aliphatic rings. The lowest BCUT2D eigenvalue weighted by Gasteiger charge is -2.24. The molecule has 0 atom stereocenters. The summed E-state index contributed by atoms with van der Waals surface area (Å²) in [5.41, 5.74) is 2.07. The van der Waals surface area contributed by atoms with Crippen LogP contribution in [0.4, 0.5) is 5.69 Å². The van der Waals surface area contributed by atoms with Crippen molar-refractivity contribution in [2.24, 2.45) is 11.8 Å².